The number of aliphatic carboxylic acids is 1. The summed E-state index contributed by atoms with van der Waals surface area (Å²) in [5.74, 6) is -1.35. The van der Waals surface area contributed by atoms with E-state index >= 15 is 0 Å². The lowest BCUT2D eigenvalue weighted by Crippen LogP contribution is -2.49. The highest BCUT2D eigenvalue weighted by atomic mass is 16.4. The molecule has 0 aliphatic carbocycles. The van der Waals surface area contributed by atoms with Crippen LogP contribution in [-0.4, -0.2) is 53.0 Å². The van der Waals surface area contributed by atoms with Crippen molar-refractivity contribution in [3.05, 3.63) is 34.9 Å². The monoisotopic (exact) mass is 304 g/mol. The van der Waals surface area contributed by atoms with Gasteiger partial charge in [-0.25, -0.2) is 0 Å². The minimum atomic E-state index is -1.06. The average Bonchev–Trinajstić information content (AvgIpc) is 2.46. The first-order chi connectivity index (χ1) is 10.4. The van der Waals surface area contributed by atoms with Crippen LogP contribution < -0.4 is 0 Å². The summed E-state index contributed by atoms with van der Waals surface area (Å²) in [5, 5.41) is 8.70. The zero-order valence-corrected chi connectivity index (χ0v) is 13.5. The maximum Gasteiger partial charge on any atom is 0.312 e. The van der Waals surface area contributed by atoms with Crippen molar-refractivity contribution in [2.45, 2.75) is 33.2 Å². The maximum atomic E-state index is 11.8. The van der Waals surface area contributed by atoms with Gasteiger partial charge in [-0.15, -0.1) is 0 Å². The van der Waals surface area contributed by atoms with Crippen LogP contribution in [0.3, 0.4) is 0 Å². The molecule has 120 valence electrons. The third-order valence-electron chi connectivity index (χ3n) is 4.39. The Labute approximate surface area is 131 Å². The zero-order chi connectivity index (χ0) is 16.3. The summed E-state index contributed by atoms with van der Waals surface area (Å²) in [6.07, 6.45) is -0.410. The number of carboxylic acids is 1. The number of hydrogen-bond donors (Lipinski definition) is 1. The van der Waals surface area contributed by atoms with Crippen molar-refractivity contribution in [1.82, 2.24) is 9.80 Å². The SMILES string of the molecule is Cc1ccc(C(C)N2CCN(C(=O)CC(=O)O)CC2)c(C)c1. The Bertz CT molecular complexity index is 563. The summed E-state index contributed by atoms with van der Waals surface area (Å²) >= 11 is 0. The van der Waals surface area contributed by atoms with Gasteiger partial charge < -0.3 is 10.0 Å². The van der Waals surface area contributed by atoms with Gasteiger partial charge in [-0.3, -0.25) is 14.5 Å². The van der Waals surface area contributed by atoms with Crippen molar-refractivity contribution in [3.8, 4) is 0 Å². The van der Waals surface area contributed by atoms with Crippen molar-refractivity contribution >= 4 is 11.9 Å². The molecule has 0 saturated carbocycles. The summed E-state index contributed by atoms with van der Waals surface area (Å²) in [6, 6.07) is 6.80. The highest BCUT2D eigenvalue weighted by molar-refractivity contribution is 5.93. The fourth-order valence-corrected chi connectivity index (χ4v) is 3.09. The van der Waals surface area contributed by atoms with Crippen molar-refractivity contribution in [2.24, 2.45) is 0 Å². The van der Waals surface area contributed by atoms with Crippen molar-refractivity contribution in [3.63, 3.8) is 0 Å². The third-order valence-corrected chi connectivity index (χ3v) is 4.39. The molecule has 1 heterocycles. The predicted octanol–water partition coefficient (Wildman–Crippen LogP) is 1.98. The van der Waals surface area contributed by atoms with E-state index in [2.05, 4.69) is 43.9 Å². The van der Waals surface area contributed by atoms with Crippen LogP contribution in [0.1, 0.15) is 36.1 Å². The quantitative estimate of drug-likeness (QED) is 0.864. The number of hydrogen-bond acceptors (Lipinski definition) is 3. The van der Waals surface area contributed by atoms with Crippen LogP contribution >= 0.6 is 0 Å². The summed E-state index contributed by atoms with van der Waals surface area (Å²) < 4.78 is 0. The Hall–Kier alpha value is -1.88. The molecule has 1 aliphatic rings. The molecule has 0 aromatic heterocycles. The highest BCUT2D eigenvalue weighted by Crippen LogP contribution is 2.25. The molecule has 1 aromatic rings. The smallest absolute Gasteiger partial charge is 0.312 e. The van der Waals surface area contributed by atoms with E-state index in [1.165, 1.54) is 16.7 Å². The molecule has 1 amide bonds. The predicted molar refractivity (Wildman–Crippen MR) is 84.7 cm³/mol. The number of carbonyl (C=O) groups excluding carboxylic acids is 1. The number of rotatable bonds is 4. The fourth-order valence-electron chi connectivity index (χ4n) is 3.09. The van der Waals surface area contributed by atoms with Crippen LogP contribution in [0.2, 0.25) is 0 Å². The second-order valence-corrected chi connectivity index (χ2v) is 6.02. The van der Waals surface area contributed by atoms with Crippen molar-refractivity contribution in [2.75, 3.05) is 26.2 Å². The van der Waals surface area contributed by atoms with Gasteiger partial charge >= 0.3 is 5.97 Å². The third kappa shape index (κ3) is 3.85. The largest absolute Gasteiger partial charge is 0.481 e. The molecule has 1 unspecified atom stereocenters. The summed E-state index contributed by atoms with van der Waals surface area (Å²) in [5.41, 5.74) is 3.87. The molecule has 1 aliphatic heterocycles. The molecule has 0 spiro atoms. The van der Waals surface area contributed by atoms with Crippen LogP contribution in [0.4, 0.5) is 0 Å². The zero-order valence-electron chi connectivity index (χ0n) is 13.5. The van der Waals surface area contributed by atoms with Gasteiger partial charge in [0.2, 0.25) is 5.91 Å². The first-order valence-corrected chi connectivity index (χ1v) is 7.69. The highest BCUT2D eigenvalue weighted by Gasteiger charge is 2.26. The second-order valence-electron chi connectivity index (χ2n) is 6.02. The minimum absolute atomic E-state index is 0.286. The molecule has 5 heteroatoms. The van der Waals surface area contributed by atoms with Gasteiger partial charge in [0.1, 0.15) is 6.42 Å². The van der Waals surface area contributed by atoms with E-state index in [1.807, 2.05) is 0 Å². The van der Waals surface area contributed by atoms with E-state index in [1.54, 1.807) is 4.90 Å². The van der Waals surface area contributed by atoms with E-state index in [0.29, 0.717) is 19.1 Å². The molecule has 1 saturated heterocycles. The molecule has 1 aromatic carbocycles. The van der Waals surface area contributed by atoms with Crippen LogP contribution in [0, 0.1) is 13.8 Å². The van der Waals surface area contributed by atoms with E-state index in [9.17, 15) is 9.59 Å². The molecule has 1 N–H and O–H groups in total. The molecule has 0 bridgehead atoms. The molecule has 1 atom stereocenters. The number of benzene rings is 1. The van der Waals surface area contributed by atoms with Crippen LogP contribution in [-0.2, 0) is 9.59 Å². The van der Waals surface area contributed by atoms with E-state index in [0.717, 1.165) is 13.1 Å². The maximum absolute atomic E-state index is 11.8. The first kappa shape index (κ1) is 16.5. The van der Waals surface area contributed by atoms with Gasteiger partial charge in [-0.1, -0.05) is 23.8 Å². The Morgan fingerprint density at radius 3 is 2.36 bits per heavy atom. The Morgan fingerprint density at radius 2 is 1.82 bits per heavy atom. The lowest BCUT2D eigenvalue weighted by molar-refractivity contribution is -0.145. The molecule has 2 rings (SSSR count). The van der Waals surface area contributed by atoms with Gasteiger partial charge in [0, 0.05) is 32.2 Å². The van der Waals surface area contributed by atoms with E-state index < -0.39 is 12.4 Å². The normalized spacial score (nSPS) is 17.3. The molecule has 5 nitrogen and oxygen atoms in total. The van der Waals surface area contributed by atoms with E-state index in [4.69, 9.17) is 5.11 Å². The molecular formula is C17H24N2O3. The van der Waals surface area contributed by atoms with Gasteiger partial charge in [0.25, 0.3) is 0 Å². The van der Waals surface area contributed by atoms with Gasteiger partial charge in [0.15, 0.2) is 0 Å². The Kier molecular flexibility index (Phi) is 5.19. The Morgan fingerprint density at radius 1 is 1.18 bits per heavy atom. The molecular weight excluding hydrogens is 280 g/mol. The second kappa shape index (κ2) is 6.92. The van der Waals surface area contributed by atoms with Crippen LogP contribution in [0.25, 0.3) is 0 Å². The summed E-state index contributed by atoms with van der Waals surface area (Å²) in [7, 11) is 0. The van der Waals surface area contributed by atoms with Crippen LogP contribution in [0.5, 0.6) is 0 Å². The molecule has 0 radical (unpaired) electrons. The first-order valence-electron chi connectivity index (χ1n) is 7.69. The fraction of sp³-hybridized carbons (Fsp3) is 0.529. The number of amides is 1. The lowest BCUT2D eigenvalue weighted by atomic mass is 9.98. The van der Waals surface area contributed by atoms with Crippen LogP contribution in [0.15, 0.2) is 18.2 Å². The number of piperazine rings is 1. The topological polar surface area (TPSA) is 60.9 Å². The number of carboxylic acid groups (broad SMARTS) is 1. The van der Waals surface area contributed by atoms with Crippen molar-refractivity contribution < 1.29 is 14.7 Å². The standard InChI is InChI=1S/C17H24N2O3/c1-12-4-5-15(13(2)10-12)14(3)18-6-8-19(9-7-18)16(20)11-17(21)22/h4-5,10,14H,6-9,11H2,1-3H3,(H,21,22). The van der Waals surface area contributed by atoms with Gasteiger partial charge in [-0.2, -0.15) is 0 Å². The molecule has 1 fully saturated rings. The summed E-state index contributed by atoms with van der Waals surface area (Å²) in [6.45, 7) is 9.16. The van der Waals surface area contributed by atoms with Crippen molar-refractivity contribution in [1.29, 1.82) is 0 Å². The summed E-state index contributed by atoms with van der Waals surface area (Å²) in [4.78, 5) is 26.4. The number of aryl methyl sites for hydroxylation is 2. The Balaban J connectivity index is 1.96. The van der Waals surface area contributed by atoms with Gasteiger partial charge in [0.05, 0.1) is 0 Å². The number of carbonyl (C=O) groups is 2. The number of nitrogens with zero attached hydrogens (tertiary/aromatic N) is 2. The average molecular weight is 304 g/mol. The minimum Gasteiger partial charge on any atom is -0.481 e. The molecule has 22 heavy (non-hydrogen) atoms. The lowest BCUT2D eigenvalue weighted by Gasteiger charge is -2.38. The van der Waals surface area contributed by atoms with Gasteiger partial charge in [-0.05, 0) is 31.9 Å². The van der Waals surface area contributed by atoms with E-state index in [-0.39, 0.29) is 5.91 Å².